The van der Waals surface area contributed by atoms with Gasteiger partial charge in [-0.2, -0.15) is 13.2 Å². The topological polar surface area (TPSA) is 82.9 Å². The quantitative estimate of drug-likeness (QED) is 0.876. The molecule has 0 amide bonds. The van der Waals surface area contributed by atoms with E-state index in [-0.39, 0.29) is 19.1 Å². The summed E-state index contributed by atoms with van der Waals surface area (Å²) in [6.07, 6.45) is -5.45. The van der Waals surface area contributed by atoms with Gasteiger partial charge in [-0.3, -0.25) is 4.98 Å². The summed E-state index contributed by atoms with van der Waals surface area (Å²) in [6.45, 7) is 3.14. The fourth-order valence-electron chi connectivity index (χ4n) is 2.75. The normalized spacial score (nSPS) is 32.4. The number of rotatable bonds is 3. The van der Waals surface area contributed by atoms with Crippen molar-refractivity contribution >= 4 is 0 Å². The maximum absolute atomic E-state index is 12.7. The second-order valence-corrected chi connectivity index (χ2v) is 6.02. The van der Waals surface area contributed by atoms with Crippen molar-refractivity contribution in [2.24, 2.45) is 0 Å². The molecular weight excluding hydrogens is 333 g/mol. The number of aromatic nitrogens is 2. The predicted octanol–water partition coefficient (Wildman–Crippen LogP) is 1.15. The molecule has 1 N–H and O–H groups in total. The summed E-state index contributed by atoms with van der Waals surface area (Å²) < 4.78 is 60.5. The van der Waals surface area contributed by atoms with Crippen molar-refractivity contribution in [2.45, 2.75) is 50.2 Å². The third kappa shape index (κ3) is 3.46. The molecule has 2 aliphatic rings. The van der Waals surface area contributed by atoms with Gasteiger partial charge in [0.2, 0.25) is 5.88 Å². The molecule has 24 heavy (non-hydrogen) atoms. The van der Waals surface area contributed by atoms with Crippen LogP contribution in [0.25, 0.3) is 0 Å². The second-order valence-electron chi connectivity index (χ2n) is 6.02. The molecule has 0 radical (unpaired) electrons. The molecular formula is C14H17F3N2O5. The molecule has 0 unspecified atom stereocenters. The van der Waals surface area contributed by atoms with Crippen molar-refractivity contribution in [3.8, 4) is 5.88 Å². The van der Waals surface area contributed by atoms with Gasteiger partial charge in [0.25, 0.3) is 0 Å². The molecule has 1 aromatic heterocycles. The van der Waals surface area contributed by atoms with Crippen LogP contribution in [0.2, 0.25) is 0 Å². The van der Waals surface area contributed by atoms with Crippen LogP contribution in [0.15, 0.2) is 12.4 Å². The van der Waals surface area contributed by atoms with Crippen LogP contribution >= 0.6 is 0 Å². The van der Waals surface area contributed by atoms with Crippen LogP contribution in [0.5, 0.6) is 5.88 Å². The Morgan fingerprint density at radius 3 is 2.67 bits per heavy atom. The number of hydrogen-bond acceptors (Lipinski definition) is 7. The average molecular weight is 350 g/mol. The number of hydrogen-bond donors (Lipinski definition) is 1. The molecule has 1 aromatic rings. The SMILES string of the molecule is CC1(C)O[C@@H]2[C@H](O1)[C@@H](Oc1cncc(C(F)(F)F)n1)CO[C@@H]2CO. The van der Waals surface area contributed by atoms with Gasteiger partial charge in [-0.15, -0.1) is 0 Å². The summed E-state index contributed by atoms with van der Waals surface area (Å²) in [6, 6.07) is 0. The van der Waals surface area contributed by atoms with Gasteiger partial charge in [0.15, 0.2) is 17.6 Å². The van der Waals surface area contributed by atoms with E-state index in [0.29, 0.717) is 6.20 Å². The van der Waals surface area contributed by atoms with E-state index < -0.39 is 42.1 Å². The average Bonchev–Trinajstić information content (AvgIpc) is 2.83. The molecule has 0 saturated carbocycles. The smallest absolute Gasteiger partial charge is 0.435 e. The number of aliphatic hydroxyl groups excluding tert-OH is 1. The van der Waals surface area contributed by atoms with E-state index >= 15 is 0 Å². The van der Waals surface area contributed by atoms with E-state index in [1.165, 1.54) is 0 Å². The van der Waals surface area contributed by atoms with E-state index in [0.717, 1.165) is 6.20 Å². The highest BCUT2D eigenvalue weighted by atomic mass is 19.4. The Labute approximate surface area is 135 Å². The zero-order valence-electron chi connectivity index (χ0n) is 13.0. The third-order valence-corrected chi connectivity index (χ3v) is 3.73. The van der Waals surface area contributed by atoms with Crippen molar-refractivity contribution in [1.29, 1.82) is 0 Å². The fourth-order valence-corrected chi connectivity index (χ4v) is 2.75. The molecule has 4 atom stereocenters. The van der Waals surface area contributed by atoms with E-state index in [2.05, 4.69) is 9.97 Å². The van der Waals surface area contributed by atoms with Gasteiger partial charge in [0, 0.05) is 0 Å². The Morgan fingerprint density at radius 2 is 2.00 bits per heavy atom. The number of alkyl halides is 3. The second kappa shape index (κ2) is 6.10. The van der Waals surface area contributed by atoms with Crippen LogP contribution in [0.3, 0.4) is 0 Å². The maximum atomic E-state index is 12.7. The number of aliphatic hydroxyl groups is 1. The number of fused-ring (bicyclic) bond motifs is 1. The van der Waals surface area contributed by atoms with Gasteiger partial charge in [0.1, 0.15) is 18.3 Å². The Hall–Kier alpha value is -1.49. The lowest BCUT2D eigenvalue weighted by Crippen LogP contribution is -2.54. The zero-order chi connectivity index (χ0) is 17.5. The first-order valence-electron chi connectivity index (χ1n) is 7.33. The van der Waals surface area contributed by atoms with Crippen LogP contribution in [0, 0.1) is 0 Å². The Balaban J connectivity index is 1.78. The molecule has 0 bridgehead atoms. The number of nitrogens with zero attached hydrogens (tertiary/aromatic N) is 2. The first kappa shape index (κ1) is 17.3. The van der Waals surface area contributed by atoms with Crippen molar-refractivity contribution in [3.05, 3.63) is 18.1 Å². The van der Waals surface area contributed by atoms with Gasteiger partial charge in [-0.1, -0.05) is 0 Å². The monoisotopic (exact) mass is 350 g/mol. The van der Waals surface area contributed by atoms with Crippen molar-refractivity contribution in [2.75, 3.05) is 13.2 Å². The van der Waals surface area contributed by atoms with Crippen molar-refractivity contribution in [1.82, 2.24) is 9.97 Å². The highest BCUT2D eigenvalue weighted by Gasteiger charge is 2.53. The maximum Gasteiger partial charge on any atom is 0.435 e. The van der Waals surface area contributed by atoms with Crippen LogP contribution in [0.1, 0.15) is 19.5 Å². The minimum atomic E-state index is -4.62. The lowest BCUT2D eigenvalue weighted by atomic mass is 10.0. The predicted molar refractivity (Wildman–Crippen MR) is 72.1 cm³/mol. The molecule has 0 aliphatic carbocycles. The van der Waals surface area contributed by atoms with Crippen LogP contribution in [0.4, 0.5) is 13.2 Å². The largest absolute Gasteiger partial charge is 0.468 e. The molecule has 3 rings (SSSR count). The van der Waals surface area contributed by atoms with Gasteiger partial charge in [-0.25, -0.2) is 4.98 Å². The first-order valence-corrected chi connectivity index (χ1v) is 7.33. The summed E-state index contributed by atoms with van der Waals surface area (Å²) in [4.78, 5) is 6.92. The highest BCUT2D eigenvalue weighted by molar-refractivity contribution is 5.12. The van der Waals surface area contributed by atoms with Gasteiger partial charge in [-0.05, 0) is 13.8 Å². The van der Waals surface area contributed by atoms with Crippen molar-refractivity contribution < 1.29 is 37.2 Å². The van der Waals surface area contributed by atoms with E-state index in [9.17, 15) is 18.3 Å². The summed E-state index contributed by atoms with van der Waals surface area (Å²) >= 11 is 0. The molecule has 3 heterocycles. The number of ether oxygens (including phenoxy) is 4. The molecule has 2 aliphatic heterocycles. The molecule has 0 spiro atoms. The Kier molecular flexibility index (Phi) is 4.41. The van der Waals surface area contributed by atoms with E-state index in [1.54, 1.807) is 13.8 Å². The standard InChI is InChI=1S/C14H17F3N2O5/c1-13(2)23-11-7(5-20)21-6-8(12(11)24-13)22-10-4-18-3-9(19-10)14(15,16)17/h3-4,7-8,11-12,20H,5-6H2,1-2H3/t7-,8+,11+,12-/m1/s1. The molecule has 7 nitrogen and oxygen atoms in total. The minimum absolute atomic E-state index is 0.0176. The summed E-state index contributed by atoms with van der Waals surface area (Å²) in [5, 5.41) is 9.36. The minimum Gasteiger partial charge on any atom is -0.468 e. The van der Waals surface area contributed by atoms with E-state index in [4.69, 9.17) is 18.9 Å². The Bertz CT molecular complexity index is 598. The molecule has 2 fully saturated rings. The van der Waals surface area contributed by atoms with Gasteiger partial charge in [0.05, 0.1) is 25.6 Å². The zero-order valence-corrected chi connectivity index (χ0v) is 13.0. The fraction of sp³-hybridized carbons (Fsp3) is 0.714. The summed E-state index contributed by atoms with van der Waals surface area (Å²) in [5.41, 5.74) is -1.15. The summed E-state index contributed by atoms with van der Waals surface area (Å²) in [5.74, 6) is -1.20. The van der Waals surface area contributed by atoms with Gasteiger partial charge >= 0.3 is 6.18 Å². The lowest BCUT2D eigenvalue weighted by Gasteiger charge is -2.35. The van der Waals surface area contributed by atoms with Crippen molar-refractivity contribution in [3.63, 3.8) is 0 Å². The molecule has 10 heteroatoms. The Morgan fingerprint density at radius 1 is 1.29 bits per heavy atom. The number of halogens is 3. The lowest BCUT2D eigenvalue weighted by molar-refractivity contribution is -0.158. The third-order valence-electron chi connectivity index (χ3n) is 3.73. The first-order chi connectivity index (χ1) is 11.2. The summed E-state index contributed by atoms with van der Waals surface area (Å²) in [7, 11) is 0. The molecule has 2 saturated heterocycles. The van der Waals surface area contributed by atoms with E-state index in [1.807, 2.05) is 0 Å². The van der Waals surface area contributed by atoms with Crippen LogP contribution in [-0.2, 0) is 20.4 Å². The molecule has 0 aromatic carbocycles. The molecule has 134 valence electrons. The van der Waals surface area contributed by atoms with Crippen LogP contribution in [-0.4, -0.2) is 58.5 Å². The van der Waals surface area contributed by atoms with Crippen LogP contribution < -0.4 is 4.74 Å². The highest BCUT2D eigenvalue weighted by Crippen LogP contribution is 2.36. The van der Waals surface area contributed by atoms with Gasteiger partial charge < -0.3 is 24.1 Å².